The molecule has 1 rings (SSSR count). The first-order chi connectivity index (χ1) is 5.43. The van der Waals surface area contributed by atoms with Gasteiger partial charge in [0.15, 0.2) is 0 Å². The van der Waals surface area contributed by atoms with Gasteiger partial charge in [-0.25, -0.2) is 0 Å². The van der Waals surface area contributed by atoms with E-state index in [-0.39, 0.29) is 0 Å². The zero-order valence-electron chi connectivity index (χ0n) is 7.14. The maximum absolute atomic E-state index is 3.17. The number of aromatic nitrogens is 1. The highest BCUT2D eigenvalue weighted by atomic mass is 31.0. The SMILES string of the molecule is CCCCCCc1cc[nH]p1. The first kappa shape index (κ1) is 8.80. The smallest absolute Gasteiger partial charge is 0.0139 e. The number of aromatic amines is 1. The van der Waals surface area contributed by atoms with Gasteiger partial charge in [0.1, 0.15) is 0 Å². The molecular formula is C9H16NP. The van der Waals surface area contributed by atoms with Gasteiger partial charge in [0, 0.05) is 14.5 Å². The Bertz CT molecular complexity index is 170. The van der Waals surface area contributed by atoms with Crippen LogP contribution in [0.3, 0.4) is 0 Å². The summed E-state index contributed by atoms with van der Waals surface area (Å²) in [4.78, 5) is 0. The van der Waals surface area contributed by atoms with Crippen molar-refractivity contribution in [2.75, 3.05) is 0 Å². The molecule has 0 atom stereocenters. The van der Waals surface area contributed by atoms with E-state index < -0.39 is 0 Å². The van der Waals surface area contributed by atoms with Gasteiger partial charge in [-0.05, 0) is 24.2 Å². The summed E-state index contributed by atoms with van der Waals surface area (Å²) in [6.07, 6.45) is 8.80. The number of hydrogen-bond donors (Lipinski definition) is 1. The van der Waals surface area contributed by atoms with Crippen LogP contribution in [0.2, 0.25) is 0 Å². The zero-order chi connectivity index (χ0) is 7.94. The maximum atomic E-state index is 3.17. The predicted molar refractivity (Wildman–Crippen MR) is 51.2 cm³/mol. The van der Waals surface area contributed by atoms with Crippen LogP contribution in [0.4, 0.5) is 0 Å². The summed E-state index contributed by atoms with van der Waals surface area (Å²) in [5.74, 6) is 0. The molecule has 1 nitrogen and oxygen atoms in total. The first-order valence-corrected chi connectivity index (χ1v) is 5.31. The predicted octanol–water partition coefficient (Wildman–Crippen LogP) is 3.72. The Balaban J connectivity index is 2.04. The van der Waals surface area contributed by atoms with Gasteiger partial charge in [-0.15, -0.1) is 0 Å². The van der Waals surface area contributed by atoms with Crippen LogP contribution in [0, 0.1) is 0 Å². The summed E-state index contributed by atoms with van der Waals surface area (Å²) in [6.45, 7) is 2.25. The average Bonchev–Trinajstić information content (AvgIpc) is 2.50. The highest BCUT2D eigenvalue weighted by Crippen LogP contribution is 2.14. The summed E-state index contributed by atoms with van der Waals surface area (Å²) >= 11 is 0. The molecule has 1 aromatic rings. The van der Waals surface area contributed by atoms with Gasteiger partial charge in [-0.3, -0.25) is 0 Å². The van der Waals surface area contributed by atoms with Gasteiger partial charge < -0.3 is 4.75 Å². The van der Waals surface area contributed by atoms with E-state index in [1.54, 1.807) is 5.30 Å². The van der Waals surface area contributed by atoms with E-state index in [0.29, 0.717) is 0 Å². The molecule has 0 bridgehead atoms. The summed E-state index contributed by atoms with van der Waals surface area (Å²) < 4.78 is 3.17. The third-order valence-corrected chi connectivity index (χ3v) is 2.78. The second-order valence-corrected chi connectivity index (χ2v) is 3.93. The van der Waals surface area contributed by atoms with Crippen LogP contribution in [-0.2, 0) is 6.42 Å². The number of aryl methyl sites for hydroxylation is 1. The Hall–Kier alpha value is -0.290. The highest BCUT2D eigenvalue weighted by molar-refractivity contribution is 7.26. The van der Waals surface area contributed by atoms with Crippen molar-refractivity contribution >= 4 is 8.35 Å². The van der Waals surface area contributed by atoms with Gasteiger partial charge in [0.05, 0.1) is 0 Å². The second-order valence-electron chi connectivity index (χ2n) is 2.88. The number of hydrogen-bond acceptors (Lipinski definition) is 0. The number of H-pyrrole nitrogens is 1. The molecule has 0 aliphatic heterocycles. The molecule has 1 heterocycles. The van der Waals surface area contributed by atoms with Crippen LogP contribution in [0.25, 0.3) is 0 Å². The topological polar surface area (TPSA) is 15.8 Å². The molecule has 0 saturated heterocycles. The van der Waals surface area contributed by atoms with Gasteiger partial charge in [0.25, 0.3) is 0 Å². The molecule has 0 aromatic carbocycles. The lowest BCUT2D eigenvalue weighted by Crippen LogP contribution is -1.79. The van der Waals surface area contributed by atoms with Crippen molar-refractivity contribution in [2.45, 2.75) is 39.0 Å². The minimum absolute atomic E-state index is 1.28. The zero-order valence-corrected chi connectivity index (χ0v) is 8.03. The monoisotopic (exact) mass is 169 g/mol. The Morgan fingerprint density at radius 1 is 1.36 bits per heavy atom. The van der Waals surface area contributed by atoms with Crippen LogP contribution in [0.1, 0.15) is 37.9 Å². The Morgan fingerprint density at radius 3 is 2.91 bits per heavy atom. The molecule has 1 aromatic heterocycles. The molecule has 62 valence electrons. The molecule has 0 aliphatic rings. The molecule has 0 spiro atoms. The molecular weight excluding hydrogens is 153 g/mol. The summed E-state index contributed by atoms with van der Waals surface area (Å²) in [7, 11) is 1.31. The van der Waals surface area contributed by atoms with Crippen LogP contribution in [0.5, 0.6) is 0 Å². The van der Waals surface area contributed by atoms with Crippen LogP contribution in [-0.4, -0.2) is 4.75 Å². The lowest BCUT2D eigenvalue weighted by atomic mass is 10.1. The Kier molecular flexibility index (Phi) is 4.30. The van der Waals surface area contributed by atoms with Crippen LogP contribution < -0.4 is 0 Å². The van der Waals surface area contributed by atoms with Crippen molar-refractivity contribution in [3.05, 3.63) is 17.6 Å². The minimum Gasteiger partial charge on any atom is -0.344 e. The summed E-state index contributed by atoms with van der Waals surface area (Å²) in [5.41, 5.74) is 0. The van der Waals surface area contributed by atoms with E-state index in [1.165, 1.54) is 40.5 Å². The van der Waals surface area contributed by atoms with E-state index in [1.807, 2.05) is 6.20 Å². The molecule has 0 aliphatic carbocycles. The molecule has 0 radical (unpaired) electrons. The van der Waals surface area contributed by atoms with E-state index in [2.05, 4.69) is 17.7 Å². The summed E-state index contributed by atoms with van der Waals surface area (Å²) in [6, 6.07) is 2.20. The minimum atomic E-state index is 1.28. The fourth-order valence-electron chi connectivity index (χ4n) is 1.16. The fourth-order valence-corrected chi connectivity index (χ4v) is 1.90. The summed E-state index contributed by atoms with van der Waals surface area (Å²) in [5, 5.41) is 1.54. The third-order valence-electron chi connectivity index (χ3n) is 1.84. The molecule has 0 amide bonds. The van der Waals surface area contributed by atoms with Crippen molar-refractivity contribution < 1.29 is 0 Å². The Labute approximate surface area is 70.4 Å². The van der Waals surface area contributed by atoms with Gasteiger partial charge in [-0.1, -0.05) is 26.2 Å². The van der Waals surface area contributed by atoms with E-state index in [9.17, 15) is 0 Å². The third kappa shape index (κ3) is 3.57. The largest absolute Gasteiger partial charge is 0.344 e. The van der Waals surface area contributed by atoms with Gasteiger partial charge in [-0.2, -0.15) is 0 Å². The highest BCUT2D eigenvalue weighted by Gasteiger charge is 1.92. The Morgan fingerprint density at radius 2 is 2.27 bits per heavy atom. The van der Waals surface area contributed by atoms with Crippen molar-refractivity contribution in [1.29, 1.82) is 0 Å². The number of rotatable bonds is 5. The van der Waals surface area contributed by atoms with Crippen molar-refractivity contribution in [1.82, 2.24) is 4.75 Å². The lowest BCUT2D eigenvalue weighted by Gasteiger charge is -1.95. The van der Waals surface area contributed by atoms with Crippen LogP contribution in [0.15, 0.2) is 12.3 Å². The van der Waals surface area contributed by atoms with E-state index in [4.69, 9.17) is 0 Å². The number of unbranched alkanes of at least 4 members (excludes halogenated alkanes) is 3. The normalized spacial score (nSPS) is 11.0. The second kappa shape index (κ2) is 5.37. The first-order valence-electron chi connectivity index (χ1n) is 4.42. The molecule has 2 heteroatoms. The maximum Gasteiger partial charge on any atom is 0.0139 e. The molecule has 1 N–H and O–H groups in total. The molecule has 11 heavy (non-hydrogen) atoms. The van der Waals surface area contributed by atoms with Crippen molar-refractivity contribution in [3.63, 3.8) is 0 Å². The quantitative estimate of drug-likeness (QED) is 0.646. The van der Waals surface area contributed by atoms with Crippen LogP contribution >= 0.6 is 8.35 Å². The van der Waals surface area contributed by atoms with E-state index >= 15 is 0 Å². The van der Waals surface area contributed by atoms with Gasteiger partial charge >= 0.3 is 0 Å². The fraction of sp³-hybridized carbons (Fsp3) is 0.667. The molecule has 0 fully saturated rings. The molecule has 0 unspecified atom stereocenters. The average molecular weight is 169 g/mol. The van der Waals surface area contributed by atoms with E-state index in [0.717, 1.165) is 0 Å². The molecule has 0 saturated carbocycles. The van der Waals surface area contributed by atoms with Gasteiger partial charge in [0.2, 0.25) is 0 Å². The van der Waals surface area contributed by atoms with Crippen molar-refractivity contribution in [3.8, 4) is 0 Å². The van der Waals surface area contributed by atoms with Crippen molar-refractivity contribution in [2.24, 2.45) is 0 Å². The lowest BCUT2D eigenvalue weighted by molar-refractivity contribution is 0.670. The number of nitrogens with one attached hydrogen (secondary N) is 1. The standard InChI is InChI=1S/C9H16NP/c1-2-3-4-5-6-9-7-8-10-11-9/h7-8,10H,2-6H2,1H3.